The molecule has 0 fully saturated rings. The number of benzene rings is 3. The highest BCUT2D eigenvalue weighted by molar-refractivity contribution is 5.95. The van der Waals surface area contributed by atoms with Gasteiger partial charge in [0.25, 0.3) is 0 Å². The van der Waals surface area contributed by atoms with Gasteiger partial charge in [0, 0.05) is 6.07 Å². The van der Waals surface area contributed by atoms with E-state index in [0.29, 0.717) is 5.75 Å². The molecule has 0 saturated carbocycles. The van der Waals surface area contributed by atoms with Crippen molar-refractivity contribution in [1.82, 2.24) is 0 Å². The molecular formula is C17H11NO5. The van der Waals surface area contributed by atoms with Crippen LogP contribution in [0.1, 0.15) is 10.4 Å². The first-order chi connectivity index (χ1) is 11.1. The minimum Gasteiger partial charge on any atom is -0.501 e. The minimum atomic E-state index is -0.860. The van der Waals surface area contributed by atoms with Gasteiger partial charge in [0.2, 0.25) is 5.75 Å². The lowest BCUT2D eigenvalue weighted by Crippen LogP contribution is -2.09. The van der Waals surface area contributed by atoms with Crippen molar-refractivity contribution in [3.05, 3.63) is 76.3 Å². The summed E-state index contributed by atoms with van der Waals surface area (Å²) in [6.07, 6.45) is 0. The lowest BCUT2D eigenvalue weighted by molar-refractivity contribution is -0.385. The molecule has 0 aliphatic rings. The standard InChI is InChI=1S/C17H11NO5/c19-16-14(6-3-7-15(16)18(21)22)17(20)23-13-9-8-11-4-1-2-5-12(11)10-13/h1-10,19H. The Morgan fingerprint density at radius 2 is 1.74 bits per heavy atom. The van der Waals surface area contributed by atoms with Gasteiger partial charge in [0.05, 0.1) is 4.92 Å². The highest BCUT2D eigenvalue weighted by atomic mass is 16.6. The Morgan fingerprint density at radius 1 is 1.00 bits per heavy atom. The lowest BCUT2D eigenvalue weighted by atomic mass is 10.1. The number of rotatable bonds is 3. The molecule has 23 heavy (non-hydrogen) atoms. The van der Waals surface area contributed by atoms with Crippen molar-refractivity contribution in [2.24, 2.45) is 0 Å². The van der Waals surface area contributed by atoms with E-state index in [1.807, 2.05) is 24.3 Å². The van der Waals surface area contributed by atoms with Crippen LogP contribution in [0.5, 0.6) is 11.5 Å². The zero-order valence-electron chi connectivity index (χ0n) is 11.8. The summed E-state index contributed by atoms with van der Waals surface area (Å²) < 4.78 is 5.20. The Labute approximate surface area is 130 Å². The number of fused-ring (bicyclic) bond motifs is 1. The number of phenolic OH excluding ortho intramolecular Hbond substituents is 1. The second-order valence-corrected chi connectivity index (χ2v) is 4.83. The summed E-state index contributed by atoms with van der Waals surface area (Å²) in [4.78, 5) is 22.2. The van der Waals surface area contributed by atoms with Crippen molar-refractivity contribution in [3.8, 4) is 11.5 Å². The molecule has 3 aromatic carbocycles. The summed E-state index contributed by atoms with van der Waals surface area (Å²) in [5, 5.41) is 22.5. The smallest absolute Gasteiger partial charge is 0.347 e. The van der Waals surface area contributed by atoms with Crippen molar-refractivity contribution in [1.29, 1.82) is 0 Å². The molecule has 0 aliphatic carbocycles. The summed E-state index contributed by atoms with van der Waals surface area (Å²) in [6.45, 7) is 0. The molecule has 0 radical (unpaired) electrons. The maximum Gasteiger partial charge on any atom is 0.347 e. The van der Waals surface area contributed by atoms with Crippen LogP contribution in [-0.2, 0) is 0 Å². The van der Waals surface area contributed by atoms with Crippen LogP contribution in [0.15, 0.2) is 60.7 Å². The van der Waals surface area contributed by atoms with Crippen LogP contribution in [0.25, 0.3) is 10.8 Å². The fourth-order valence-corrected chi connectivity index (χ4v) is 2.24. The quantitative estimate of drug-likeness (QED) is 0.345. The van der Waals surface area contributed by atoms with E-state index in [-0.39, 0.29) is 5.56 Å². The first-order valence-corrected chi connectivity index (χ1v) is 6.73. The molecule has 0 aliphatic heterocycles. The third-order valence-electron chi connectivity index (χ3n) is 3.36. The Morgan fingerprint density at radius 3 is 2.48 bits per heavy atom. The minimum absolute atomic E-state index is 0.257. The summed E-state index contributed by atoms with van der Waals surface area (Å²) in [5.41, 5.74) is -0.801. The third-order valence-corrected chi connectivity index (χ3v) is 3.36. The molecule has 114 valence electrons. The molecule has 0 heterocycles. The van der Waals surface area contributed by atoms with Crippen molar-refractivity contribution in [3.63, 3.8) is 0 Å². The second kappa shape index (κ2) is 5.76. The summed E-state index contributed by atoms with van der Waals surface area (Å²) >= 11 is 0. The van der Waals surface area contributed by atoms with E-state index < -0.39 is 22.3 Å². The number of carbonyl (C=O) groups is 1. The normalized spacial score (nSPS) is 10.4. The maximum absolute atomic E-state index is 12.1. The highest BCUT2D eigenvalue weighted by Gasteiger charge is 2.22. The third kappa shape index (κ3) is 2.82. The van der Waals surface area contributed by atoms with Gasteiger partial charge in [-0.25, -0.2) is 4.79 Å². The fraction of sp³-hybridized carbons (Fsp3) is 0. The number of carbonyl (C=O) groups excluding carboxylic acids is 1. The average molecular weight is 309 g/mol. The first-order valence-electron chi connectivity index (χ1n) is 6.73. The van der Waals surface area contributed by atoms with Crippen LogP contribution in [0.2, 0.25) is 0 Å². The molecule has 0 unspecified atom stereocenters. The van der Waals surface area contributed by atoms with Crippen molar-refractivity contribution < 1.29 is 19.6 Å². The van der Waals surface area contributed by atoms with E-state index in [1.54, 1.807) is 18.2 Å². The van der Waals surface area contributed by atoms with Gasteiger partial charge in [-0.1, -0.05) is 36.4 Å². The van der Waals surface area contributed by atoms with Gasteiger partial charge in [-0.2, -0.15) is 0 Å². The van der Waals surface area contributed by atoms with Crippen molar-refractivity contribution >= 4 is 22.4 Å². The fourth-order valence-electron chi connectivity index (χ4n) is 2.24. The molecule has 3 rings (SSSR count). The second-order valence-electron chi connectivity index (χ2n) is 4.83. The molecule has 6 heteroatoms. The van der Waals surface area contributed by atoms with Gasteiger partial charge in [-0.3, -0.25) is 10.1 Å². The molecule has 0 aromatic heterocycles. The predicted molar refractivity (Wildman–Crippen MR) is 83.7 cm³/mol. The Kier molecular flexibility index (Phi) is 3.64. The number of hydrogen-bond donors (Lipinski definition) is 1. The summed E-state index contributed by atoms with van der Waals surface area (Å²) in [7, 11) is 0. The van der Waals surface area contributed by atoms with E-state index in [2.05, 4.69) is 0 Å². The molecule has 0 bridgehead atoms. The van der Waals surface area contributed by atoms with Gasteiger partial charge in [0.15, 0.2) is 0 Å². The summed E-state index contributed by atoms with van der Waals surface area (Å²) in [5.74, 6) is -1.27. The Bertz CT molecular complexity index is 920. The number of phenols is 1. The Balaban J connectivity index is 1.91. The number of ether oxygens (including phenoxy) is 1. The molecule has 1 N–H and O–H groups in total. The van der Waals surface area contributed by atoms with Crippen LogP contribution in [0.3, 0.4) is 0 Å². The predicted octanol–water partition coefficient (Wildman–Crippen LogP) is 3.67. The van der Waals surface area contributed by atoms with Crippen LogP contribution in [0.4, 0.5) is 5.69 Å². The van der Waals surface area contributed by atoms with Crippen molar-refractivity contribution in [2.75, 3.05) is 0 Å². The SMILES string of the molecule is O=C(Oc1ccc2ccccc2c1)c1cccc([N+](=O)[O-])c1O. The Hall–Kier alpha value is -3.41. The molecule has 0 atom stereocenters. The van der Waals surface area contributed by atoms with E-state index in [4.69, 9.17) is 4.74 Å². The monoisotopic (exact) mass is 309 g/mol. The van der Waals surface area contributed by atoms with Crippen molar-refractivity contribution in [2.45, 2.75) is 0 Å². The lowest BCUT2D eigenvalue weighted by Gasteiger charge is -2.07. The highest BCUT2D eigenvalue weighted by Crippen LogP contribution is 2.30. The van der Waals surface area contributed by atoms with E-state index >= 15 is 0 Å². The van der Waals surface area contributed by atoms with Crippen LogP contribution >= 0.6 is 0 Å². The zero-order valence-corrected chi connectivity index (χ0v) is 11.8. The molecule has 6 nitrogen and oxygen atoms in total. The molecular weight excluding hydrogens is 298 g/mol. The number of nitrogens with zero attached hydrogens (tertiary/aromatic N) is 1. The van der Waals surface area contributed by atoms with Crippen LogP contribution in [0, 0.1) is 10.1 Å². The number of aromatic hydroxyl groups is 1. The van der Waals surface area contributed by atoms with E-state index in [0.717, 1.165) is 16.8 Å². The molecule has 0 amide bonds. The van der Waals surface area contributed by atoms with Crippen LogP contribution in [-0.4, -0.2) is 16.0 Å². The average Bonchev–Trinajstić information content (AvgIpc) is 2.54. The molecule has 0 spiro atoms. The summed E-state index contributed by atoms with van der Waals surface area (Å²) in [6, 6.07) is 16.4. The number of para-hydroxylation sites is 1. The van der Waals surface area contributed by atoms with Gasteiger partial charge in [-0.15, -0.1) is 0 Å². The van der Waals surface area contributed by atoms with Gasteiger partial charge >= 0.3 is 11.7 Å². The number of nitro benzene ring substituents is 1. The molecule has 0 saturated heterocycles. The number of hydrogen-bond acceptors (Lipinski definition) is 5. The number of nitro groups is 1. The number of esters is 1. The zero-order chi connectivity index (χ0) is 16.4. The maximum atomic E-state index is 12.1. The van der Waals surface area contributed by atoms with E-state index in [1.165, 1.54) is 12.1 Å². The van der Waals surface area contributed by atoms with Crippen LogP contribution < -0.4 is 4.74 Å². The first kappa shape index (κ1) is 14.5. The molecule has 3 aromatic rings. The topological polar surface area (TPSA) is 89.7 Å². The van der Waals surface area contributed by atoms with Gasteiger partial charge in [-0.05, 0) is 29.0 Å². The van der Waals surface area contributed by atoms with E-state index in [9.17, 15) is 20.0 Å². The van der Waals surface area contributed by atoms with Gasteiger partial charge < -0.3 is 9.84 Å². The largest absolute Gasteiger partial charge is 0.501 e. The van der Waals surface area contributed by atoms with Gasteiger partial charge in [0.1, 0.15) is 11.3 Å².